The first-order valence-electron chi connectivity index (χ1n) is 5.29. The lowest BCUT2D eigenvalue weighted by atomic mass is 10.2. The third-order valence-electron chi connectivity index (χ3n) is 2.02. The molecular formula is C13H18O3. The molecule has 0 spiro atoms. The van der Waals surface area contributed by atoms with E-state index in [1.54, 1.807) is 13.2 Å². The fourth-order valence-electron chi connectivity index (χ4n) is 1.19. The largest absolute Gasteiger partial charge is 0.491 e. The highest BCUT2D eigenvalue weighted by atomic mass is 16.5. The van der Waals surface area contributed by atoms with Crippen LogP contribution in [0.15, 0.2) is 30.8 Å². The van der Waals surface area contributed by atoms with Crippen LogP contribution in [-0.2, 0) is 9.47 Å². The molecule has 0 aliphatic heterocycles. The van der Waals surface area contributed by atoms with Crippen LogP contribution in [0, 0.1) is 0 Å². The van der Waals surface area contributed by atoms with Gasteiger partial charge in [0.2, 0.25) is 0 Å². The van der Waals surface area contributed by atoms with Crippen molar-refractivity contribution >= 4 is 6.08 Å². The van der Waals surface area contributed by atoms with Crippen molar-refractivity contribution in [2.75, 3.05) is 33.5 Å². The molecule has 3 heteroatoms. The summed E-state index contributed by atoms with van der Waals surface area (Å²) in [6, 6.07) is 7.79. The lowest BCUT2D eigenvalue weighted by Crippen LogP contribution is -2.09. The molecule has 0 amide bonds. The fraction of sp³-hybridized carbons (Fsp3) is 0.385. The van der Waals surface area contributed by atoms with Crippen molar-refractivity contribution in [2.24, 2.45) is 0 Å². The average molecular weight is 222 g/mol. The highest BCUT2D eigenvalue weighted by Crippen LogP contribution is 2.13. The molecule has 0 aliphatic carbocycles. The van der Waals surface area contributed by atoms with Gasteiger partial charge >= 0.3 is 0 Å². The van der Waals surface area contributed by atoms with Crippen LogP contribution in [0.25, 0.3) is 6.08 Å². The van der Waals surface area contributed by atoms with Gasteiger partial charge in [0, 0.05) is 7.11 Å². The molecule has 0 unspecified atom stereocenters. The summed E-state index contributed by atoms with van der Waals surface area (Å²) in [7, 11) is 1.65. The van der Waals surface area contributed by atoms with Gasteiger partial charge in [0.05, 0.1) is 19.8 Å². The normalized spacial score (nSPS) is 10.1. The monoisotopic (exact) mass is 222 g/mol. The molecule has 0 heterocycles. The molecule has 0 aliphatic rings. The lowest BCUT2D eigenvalue weighted by molar-refractivity contribution is 0.0544. The van der Waals surface area contributed by atoms with Crippen LogP contribution < -0.4 is 4.74 Å². The standard InChI is InChI=1S/C13H18O3/c1-3-12-5-4-6-13(11-12)16-10-9-15-8-7-14-2/h3-6,11H,1,7-10H2,2H3. The van der Waals surface area contributed by atoms with Gasteiger partial charge in [-0.2, -0.15) is 0 Å². The van der Waals surface area contributed by atoms with Crippen molar-refractivity contribution in [1.82, 2.24) is 0 Å². The topological polar surface area (TPSA) is 27.7 Å². The van der Waals surface area contributed by atoms with E-state index < -0.39 is 0 Å². The van der Waals surface area contributed by atoms with E-state index in [9.17, 15) is 0 Å². The Balaban J connectivity index is 2.18. The first kappa shape index (κ1) is 12.7. The minimum Gasteiger partial charge on any atom is -0.491 e. The van der Waals surface area contributed by atoms with Gasteiger partial charge in [-0.3, -0.25) is 0 Å². The first-order chi connectivity index (χ1) is 7.86. The van der Waals surface area contributed by atoms with Gasteiger partial charge in [-0.05, 0) is 17.7 Å². The van der Waals surface area contributed by atoms with Gasteiger partial charge in [-0.25, -0.2) is 0 Å². The van der Waals surface area contributed by atoms with Crippen molar-refractivity contribution in [3.63, 3.8) is 0 Å². The fourth-order valence-corrected chi connectivity index (χ4v) is 1.19. The van der Waals surface area contributed by atoms with Crippen LogP contribution in [-0.4, -0.2) is 33.5 Å². The summed E-state index contributed by atoms with van der Waals surface area (Å²) in [5, 5.41) is 0. The second kappa shape index (κ2) is 7.91. The predicted molar refractivity (Wildman–Crippen MR) is 64.7 cm³/mol. The molecule has 16 heavy (non-hydrogen) atoms. The van der Waals surface area contributed by atoms with Gasteiger partial charge in [0.15, 0.2) is 0 Å². The Morgan fingerprint density at radius 2 is 2.00 bits per heavy atom. The summed E-state index contributed by atoms with van der Waals surface area (Å²) in [6.07, 6.45) is 1.79. The van der Waals surface area contributed by atoms with Gasteiger partial charge in [0.1, 0.15) is 12.4 Å². The number of benzene rings is 1. The number of hydrogen-bond donors (Lipinski definition) is 0. The molecule has 0 N–H and O–H groups in total. The highest BCUT2D eigenvalue weighted by molar-refractivity contribution is 5.49. The molecule has 1 aromatic rings. The first-order valence-corrected chi connectivity index (χ1v) is 5.29. The smallest absolute Gasteiger partial charge is 0.120 e. The van der Waals surface area contributed by atoms with Gasteiger partial charge in [0.25, 0.3) is 0 Å². The zero-order valence-electron chi connectivity index (χ0n) is 9.65. The maximum atomic E-state index is 5.52. The molecule has 0 radical (unpaired) electrons. The minimum absolute atomic E-state index is 0.546. The van der Waals surface area contributed by atoms with E-state index in [0.29, 0.717) is 26.4 Å². The second-order valence-electron chi connectivity index (χ2n) is 3.23. The van der Waals surface area contributed by atoms with Crippen LogP contribution in [0.3, 0.4) is 0 Å². The summed E-state index contributed by atoms with van der Waals surface area (Å²) in [5.41, 5.74) is 1.05. The van der Waals surface area contributed by atoms with E-state index in [2.05, 4.69) is 6.58 Å². The third kappa shape index (κ3) is 4.96. The van der Waals surface area contributed by atoms with Crippen molar-refractivity contribution < 1.29 is 14.2 Å². The van der Waals surface area contributed by atoms with Gasteiger partial charge in [-0.1, -0.05) is 24.8 Å². The van der Waals surface area contributed by atoms with Crippen molar-refractivity contribution in [1.29, 1.82) is 0 Å². The van der Waals surface area contributed by atoms with Crippen LogP contribution >= 0.6 is 0 Å². The molecule has 3 nitrogen and oxygen atoms in total. The van der Waals surface area contributed by atoms with E-state index in [1.807, 2.05) is 24.3 Å². The predicted octanol–water partition coefficient (Wildman–Crippen LogP) is 2.37. The maximum absolute atomic E-state index is 5.52. The van der Waals surface area contributed by atoms with Crippen molar-refractivity contribution in [2.45, 2.75) is 0 Å². The molecule has 0 bridgehead atoms. The summed E-state index contributed by atoms with van der Waals surface area (Å²) in [5.74, 6) is 0.841. The Morgan fingerprint density at radius 1 is 1.19 bits per heavy atom. The molecule has 0 saturated carbocycles. The van der Waals surface area contributed by atoms with Crippen LogP contribution in [0.1, 0.15) is 5.56 Å². The maximum Gasteiger partial charge on any atom is 0.120 e. The Morgan fingerprint density at radius 3 is 2.75 bits per heavy atom. The third-order valence-corrected chi connectivity index (χ3v) is 2.02. The molecule has 0 fully saturated rings. The van der Waals surface area contributed by atoms with Gasteiger partial charge < -0.3 is 14.2 Å². The number of methoxy groups -OCH3 is 1. The Hall–Kier alpha value is -1.32. The molecule has 0 saturated heterocycles. The van der Waals surface area contributed by atoms with Gasteiger partial charge in [-0.15, -0.1) is 0 Å². The number of rotatable bonds is 8. The molecule has 0 aromatic heterocycles. The van der Waals surface area contributed by atoms with Crippen molar-refractivity contribution in [3.05, 3.63) is 36.4 Å². The lowest BCUT2D eigenvalue weighted by Gasteiger charge is -2.07. The molecule has 0 atom stereocenters. The summed E-state index contributed by atoms with van der Waals surface area (Å²) in [6.45, 7) is 6.05. The Kier molecular flexibility index (Phi) is 6.30. The summed E-state index contributed by atoms with van der Waals surface area (Å²) in [4.78, 5) is 0. The molecule has 1 aromatic carbocycles. The number of ether oxygens (including phenoxy) is 3. The highest BCUT2D eigenvalue weighted by Gasteiger charge is 1.94. The molecule has 88 valence electrons. The molecular weight excluding hydrogens is 204 g/mol. The average Bonchev–Trinajstić information content (AvgIpc) is 2.34. The van der Waals surface area contributed by atoms with E-state index in [1.165, 1.54) is 0 Å². The Bertz CT molecular complexity index is 310. The van der Waals surface area contributed by atoms with Crippen LogP contribution in [0.5, 0.6) is 5.75 Å². The van der Waals surface area contributed by atoms with E-state index in [4.69, 9.17) is 14.2 Å². The number of hydrogen-bond acceptors (Lipinski definition) is 3. The quantitative estimate of drug-likeness (QED) is 0.632. The SMILES string of the molecule is C=Cc1cccc(OCCOCCOC)c1. The van der Waals surface area contributed by atoms with Crippen LogP contribution in [0.4, 0.5) is 0 Å². The minimum atomic E-state index is 0.546. The molecule has 1 rings (SSSR count). The Labute approximate surface area is 96.6 Å². The summed E-state index contributed by atoms with van der Waals surface area (Å²) >= 11 is 0. The van der Waals surface area contributed by atoms with E-state index >= 15 is 0 Å². The van der Waals surface area contributed by atoms with Crippen molar-refractivity contribution in [3.8, 4) is 5.75 Å². The zero-order chi connectivity index (χ0) is 11.6. The van der Waals surface area contributed by atoms with E-state index in [0.717, 1.165) is 11.3 Å². The summed E-state index contributed by atoms with van der Waals surface area (Å²) < 4.78 is 15.7. The zero-order valence-corrected chi connectivity index (χ0v) is 9.65. The van der Waals surface area contributed by atoms with Crippen LogP contribution in [0.2, 0.25) is 0 Å². The second-order valence-corrected chi connectivity index (χ2v) is 3.23. The van der Waals surface area contributed by atoms with E-state index in [-0.39, 0.29) is 0 Å².